The molecule has 1 rings (SSSR count). The lowest BCUT2D eigenvalue weighted by molar-refractivity contribution is 0.291. The summed E-state index contributed by atoms with van der Waals surface area (Å²) in [7, 11) is 0. The van der Waals surface area contributed by atoms with Gasteiger partial charge in [0.1, 0.15) is 6.58 Å². The van der Waals surface area contributed by atoms with Gasteiger partial charge in [0.25, 0.3) is 0 Å². The lowest BCUT2D eigenvalue weighted by Crippen LogP contribution is -1.75. The van der Waals surface area contributed by atoms with Crippen LogP contribution in [0, 0.1) is 0 Å². The van der Waals surface area contributed by atoms with Crippen molar-refractivity contribution in [2.45, 2.75) is 6.42 Å². The van der Waals surface area contributed by atoms with Crippen molar-refractivity contribution in [2.24, 2.45) is 0 Å². The Morgan fingerprint density at radius 2 is 2.43 bits per heavy atom. The molecule has 1 heteroatoms. The molecule has 0 aliphatic carbocycles. The van der Waals surface area contributed by atoms with Crippen LogP contribution in [0.25, 0.3) is 0 Å². The van der Waals surface area contributed by atoms with Crippen molar-refractivity contribution in [3.05, 3.63) is 24.5 Å². The predicted octanol–water partition coefficient (Wildman–Crippen LogP) is 1.48. The summed E-state index contributed by atoms with van der Waals surface area (Å²) in [6.07, 6.45) is 7.97. The fourth-order valence-corrected chi connectivity index (χ4v) is 0.415. The standard InChI is InChI=1S/C6H8O/c1-2-4-6-7-5-3-1/h1,3-4,6H,2,5H2/i5D. The number of ether oxygens (including phenoxy) is 1. The Bertz CT molecular complexity index is 118. The smallest absolute Gasteiger partial charge is 0.105 e. The molecule has 0 aromatic carbocycles. The van der Waals surface area contributed by atoms with Crippen LogP contribution in [0.5, 0.6) is 0 Å². The second-order valence-electron chi connectivity index (χ2n) is 1.31. The molecule has 1 heterocycles. The zero-order valence-electron chi connectivity index (χ0n) is 5.00. The highest BCUT2D eigenvalue weighted by atomic mass is 16.5. The van der Waals surface area contributed by atoms with E-state index in [2.05, 4.69) is 0 Å². The van der Waals surface area contributed by atoms with Gasteiger partial charge in [-0.15, -0.1) is 0 Å². The van der Waals surface area contributed by atoms with E-state index in [0.717, 1.165) is 6.42 Å². The van der Waals surface area contributed by atoms with Crippen molar-refractivity contribution >= 4 is 0 Å². The van der Waals surface area contributed by atoms with Crippen LogP contribution in [0.1, 0.15) is 7.79 Å². The van der Waals surface area contributed by atoms with Crippen LogP contribution in [0.2, 0.25) is 0 Å². The Balaban J connectivity index is 2.48. The Kier molecular flexibility index (Phi) is 1.16. The maximum atomic E-state index is 7.05. The number of rotatable bonds is 0. The third-order valence-electron chi connectivity index (χ3n) is 0.740. The average Bonchev–Trinajstić information content (AvgIpc) is 1.94. The molecule has 0 amide bonds. The van der Waals surface area contributed by atoms with Gasteiger partial charge in [-0.3, -0.25) is 0 Å². The molecule has 0 aromatic rings. The molecule has 0 N–H and O–H groups in total. The zero-order chi connectivity index (χ0) is 5.82. The fourth-order valence-electron chi connectivity index (χ4n) is 0.415. The topological polar surface area (TPSA) is 9.23 Å². The van der Waals surface area contributed by atoms with Crippen LogP contribution in [-0.2, 0) is 4.74 Å². The third-order valence-corrected chi connectivity index (χ3v) is 0.740. The lowest BCUT2D eigenvalue weighted by Gasteiger charge is -1.86. The number of hydrogen-bond donors (Lipinski definition) is 0. The average molecular weight is 97.1 g/mol. The molecular weight excluding hydrogens is 88.1 g/mol. The molecular formula is C6H8O. The van der Waals surface area contributed by atoms with Crippen molar-refractivity contribution in [2.75, 3.05) is 6.58 Å². The molecule has 1 aliphatic heterocycles. The summed E-state index contributed by atoms with van der Waals surface area (Å²) < 4.78 is 11.9. The van der Waals surface area contributed by atoms with Gasteiger partial charge in [-0.1, -0.05) is 12.2 Å². The first-order chi connectivity index (χ1) is 3.89. The van der Waals surface area contributed by atoms with Crippen LogP contribution < -0.4 is 0 Å². The van der Waals surface area contributed by atoms with Crippen LogP contribution in [0.3, 0.4) is 0 Å². The van der Waals surface area contributed by atoms with Crippen molar-refractivity contribution < 1.29 is 6.11 Å². The molecule has 38 valence electrons. The first-order valence-corrected chi connectivity index (χ1v) is 2.29. The van der Waals surface area contributed by atoms with Crippen LogP contribution in [0.15, 0.2) is 24.5 Å². The quantitative estimate of drug-likeness (QED) is 0.416. The minimum absolute atomic E-state index is 0.492. The predicted molar refractivity (Wildman–Crippen MR) is 28.8 cm³/mol. The first kappa shape index (κ1) is 3.30. The van der Waals surface area contributed by atoms with E-state index < -0.39 is 6.58 Å². The summed E-state index contributed by atoms with van der Waals surface area (Å²) in [6, 6.07) is 0. The SMILES string of the molecule is [2H]C1C=CCC=CO1. The second-order valence-corrected chi connectivity index (χ2v) is 1.31. The Morgan fingerprint density at radius 1 is 1.43 bits per heavy atom. The van der Waals surface area contributed by atoms with Crippen molar-refractivity contribution in [3.8, 4) is 0 Å². The molecule has 0 saturated heterocycles. The second kappa shape index (κ2) is 2.45. The number of hydrogen-bond acceptors (Lipinski definition) is 1. The van der Waals surface area contributed by atoms with E-state index in [1.165, 1.54) is 0 Å². The van der Waals surface area contributed by atoms with Gasteiger partial charge in [0, 0.05) is 0 Å². The first-order valence-electron chi connectivity index (χ1n) is 2.87. The normalized spacial score (nSPS) is 30.9. The summed E-state index contributed by atoms with van der Waals surface area (Å²) >= 11 is 0. The maximum Gasteiger partial charge on any atom is 0.105 e. The minimum Gasteiger partial charge on any atom is -0.497 e. The van der Waals surface area contributed by atoms with E-state index in [9.17, 15) is 0 Å². The molecule has 0 saturated carbocycles. The van der Waals surface area contributed by atoms with Crippen molar-refractivity contribution in [1.29, 1.82) is 0 Å². The van der Waals surface area contributed by atoms with Gasteiger partial charge in [0.2, 0.25) is 0 Å². The largest absolute Gasteiger partial charge is 0.497 e. The Hall–Kier alpha value is -0.720. The van der Waals surface area contributed by atoms with Gasteiger partial charge < -0.3 is 4.74 Å². The summed E-state index contributed by atoms with van der Waals surface area (Å²) in [5.41, 5.74) is 0. The fraction of sp³-hybridized carbons (Fsp3) is 0.333. The third kappa shape index (κ3) is 1.44. The molecule has 1 aliphatic rings. The highest BCUT2D eigenvalue weighted by Gasteiger charge is 1.78. The van der Waals surface area contributed by atoms with Crippen LogP contribution >= 0.6 is 0 Å². The van der Waals surface area contributed by atoms with Gasteiger partial charge >= 0.3 is 0 Å². The van der Waals surface area contributed by atoms with E-state index >= 15 is 0 Å². The molecule has 0 spiro atoms. The molecule has 0 radical (unpaired) electrons. The van der Waals surface area contributed by atoms with Crippen LogP contribution in [-0.4, -0.2) is 6.58 Å². The molecule has 1 nitrogen and oxygen atoms in total. The molecule has 7 heavy (non-hydrogen) atoms. The van der Waals surface area contributed by atoms with Gasteiger partial charge in [-0.25, -0.2) is 0 Å². The van der Waals surface area contributed by atoms with E-state index in [1.807, 2.05) is 12.2 Å². The number of allylic oxidation sites excluding steroid dienone is 2. The maximum absolute atomic E-state index is 7.05. The molecule has 0 fully saturated rings. The van der Waals surface area contributed by atoms with Crippen molar-refractivity contribution in [3.63, 3.8) is 0 Å². The van der Waals surface area contributed by atoms with Gasteiger partial charge in [0.05, 0.1) is 7.63 Å². The van der Waals surface area contributed by atoms with Crippen LogP contribution in [0.4, 0.5) is 0 Å². The summed E-state index contributed by atoms with van der Waals surface area (Å²) in [4.78, 5) is 0. The molecule has 0 aromatic heterocycles. The lowest BCUT2D eigenvalue weighted by atomic mass is 10.4. The van der Waals surface area contributed by atoms with E-state index in [0.29, 0.717) is 0 Å². The zero-order valence-corrected chi connectivity index (χ0v) is 4.00. The van der Waals surface area contributed by atoms with Gasteiger partial charge in [-0.05, 0) is 12.5 Å². The highest BCUT2D eigenvalue weighted by Crippen LogP contribution is 1.92. The molecule has 0 bridgehead atoms. The Labute approximate surface area is 44.7 Å². The molecule has 1 atom stereocenters. The summed E-state index contributed by atoms with van der Waals surface area (Å²) in [6.45, 7) is -0.492. The van der Waals surface area contributed by atoms with Crippen molar-refractivity contribution in [1.82, 2.24) is 0 Å². The minimum atomic E-state index is -0.492. The molecule has 1 unspecified atom stereocenters. The van der Waals surface area contributed by atoms with E-state index in [4.69, 9.17) is 6.11 Å². The summed E-state index contributed by atoms with van der Waals surface area (Å²) in [5.74, 6) is 0. The highest BCUT2D eigenvalue weighted by molar-refractivity contribution is 4.93. The van der Waals surface area contributed by atoms with E-state index in [1.54, 1.807) is 12.3 Å². The summed E-state index contributed by atoms with van der Waals surface area (Å²) in [5, 5.41) is 0. The Morgan fingerprint density at radius 3 is 3.43 bits per heavy atom. The van der Waals surface area contributed by atoms with E-state index in [-0.39, 0.29) is 0 Å². The van der Waals surface area contributed by atoms with Gasteiger partial charge in [0.15, 0.2) is 0 Å². The monoisotopic (exact) mass is 97.1 g/mol. The van der Waals surface area contributed by atoms with Gasteiger partial charge in [-0.2, -0.15) is 0 Å².